The van der Waals surface area contributed by atoms with Gasteiger partial charge in [0.15, 0.2) is 16.7 Å². The molecule has 0 heterocycles. The lowest BCUT2D eigenvalue weighted by Gasteiger charge is -2.11. The first kappa shape index (κ1) is 13.0. The van der Waals surface area contributed by atoms with Crippen LogP contribution in [0.4, 0.5) is 0 Å². The fourth-order valence-electron chi connectivity index (χ4n) is 1.21. The number of hydrogen-bond acceptors (Lipinski definition) is 3. The van der Waals surface area contributed by atoms with Gasteiger partial charge in [-0.25, -0.2) is 4.79 Å². The Balaban J connectivity index is 3.20. The molecule has 0 saturated carbocycles. The van der Waals surface area contributed by atoms with E-state index in [1.807, 2.05) is 0 Å². The standard InChI is InChI=1S/C10H8Cl2O4/c11-9(12)7(13)5-3-1-2-4-6(5)8(14)10(15)16/h1-4,8-9,14H,(H,15,16). The van der Waals surface area contributed by atoms with Crippen molar-refractivity contribution in [1.82, 2.24) is 0 Å². The first-order valence-electron chi connectivity index (χ1n) is 4.27. The van der Waals surface area contributed by atoms with Gasteiger partial charge in [-0.2, -0.15) is 0 Å². The van der Waals surface area contributed by atoms with Gasteiger partial charge in [-0.3, -0.25) is 4.79 Å². The molecule has 86 valence electrons. The highest BCUT2D eigenvalue weighted by Crippen LogP contribution is 2.22. The summed E-state index contributed by atoms with van der Waals surface area (Å²) < 4.78 is 0. The smallest absolute Gasteiger partial charge is 0.337 e. The van der Waals surface area contributed by atoms with Gasteiger partial charge in [-0.05, 0) is 0 Å². The normalized spacial score (nSPS) is 12.5. The number of halogens is 2. The van der Waals surface area contributed by atoms with E-state index in [4.69, 9.17) is 28.3 Å². The number of rotatable bonds is 4. The van der Waals surface area contributed by atoms with Gasteiger partial charge in [-0.1, -0.05) is 47.5 Å². The Labute approximate surface area is 101 Å². The van der Waals surface area contributed by atoms with Crippen molar-refractivity contribution in [3.8, 4) is 0 Å². The number of aliphatic hydroxyl groups excluding tert-OH is 1. The summed E-state index contributed by atoms with van der Waals surface area (Å²) in [5.41, 5.74) is -0.0151. The molecular formula is C10H8Cl2O4. The molecule has 4 nitrogen and oxygen atoms in total. The highest BCUT2D eigenvalue weighted by molar-refractivity contribution is 6.55. The maximum atomic E-state index is 11.5. The highest BCUT2D eigenvalue weighted by Gasteiger charge is 2.24. The molecule has 0 aliphatic rings. The Morgan fingerprint density at radius 2 is 1.75 bits per heavy atom. The van der Waals surface area contributed by atoms with Gasteiger partial charge in [0, 0.05) is 11.1 Å². The van der Waals surface area contributed by atoms with Crippen molar-refractivity contribution in [3.05, 3.63) is 35.4 Å². The van der Waals surface area contributed by atoms with Crippen molar-refractivity contribution in [2.45, 2.75) is 10.9 Å². The molecule has 0 amide bonds. The van der Waals surface area contributed by atoms with E-state index in [1.165, 1.54) is 24.3 Å². The number of Topliss-reactive ketones (excluding diaryl/α,β-unsaturated/α-hetero) is 1. The lowest BCUT2D eigenvalue weighted by molar-refractivity contribution is -0.146. The quantitative estimate of drug-likeness (QED) is 0.641. The van der Waals surface area contributed by atoms with Crippen molar-refractivity contribution < 1.29 is 19.8 Å². The molecule has 0 bridgehead atoms. The second-order valence-electron chi connectivity index (χ2n) is 2.99. The van der Waals surface area contributed by atoms with Gasteiger partial charge in [0.25, 0.3) is 0 Å². The number of hydrogen-bond donors (Lipinski definition) is 2. The third-order valence-electron chi connectivity index (χ3n) is 1.95. The monoisotopic (exact) mass is 262 g/mol. The molecule has 2 N–H and O–H groups in total. The predicted molar refractivity (Wildman–Crippen MR) is 58.9 cm³/mol. The molecule has 16 heavy (non-hydrogen) atoms. The van der Waals surface area contributed by atoms with Crippen LogP contribution in [0.2, 0.25) is 0 Å². The summed E-state index contributed by atoms with van der Waals surface area (Å²) in [6.07, 6.45) is -1.77. The van der Waals surface area contributed by atoms with Crippen LogP contribution in [0.5, 0.6) is 0 Å². The van der Waals surface area contributed by atoms with E-state index >= 15 is 0 Å². The molecule has 0 radical (unpaired) electrons. The SMILES string of the molecule is O=C(c1ccccc1C(O)C(=O)O)C(Cl)Cl. The minimum Gasteiger partial charge on any atom is -0.479 e. The lowest BCUT2D eigenvalue weighted by atomic mass is 10.00. The molecule has 0 aliphatic heterocycles. The average Bonchev–Trinajstić information content (AvgIpc) is 2.26. The van der Waals surface area contributed by atoms with Crippen LogP contribution in [0.3, 0.4) is 0 Å². The van der Waals surface area contributed by atoms with Crippen LogP contribution >= 0.6 is 23.2 Å². The second-order valence-corrected chi connectivity index (χ2v) is 4.09. The van der Waals surface area contributed by atoms with Gasteiger partial charge in [0.05, 0.1) is 0 Å². The fraction of sp³-hybridized carbons (Fsp3) is 0.200. The van der Waals surface area contributed by atoms with Crippen LogP contribution in [0.25, 0.3) is 0 Å². The summed E-state index contributed by atoms with van der Waals surface area (Å²) in [6.45, 7) is 0. The van der Waals surface area contributed by atoms with E-state index in [9.17, 15) is 14.7 Å². The molecule has 1 aromatic rings. The number of aliphatic carboxylic acids is 1. The van der Waals surface area contributed by atoms with Crippen LogP contribution < -0.4 is 0 Å². The molecule has 1 atom stereocenters. The van der Waals surface area contributed by atoms with Crippen LogP contribution in [-0.4, -0.2) is 26.8 Å². The number of carboxylic acid groups (broad SMARTS) is 1. The van der Waals surface area contributed by atoms with Gasteiger partial charge >= 0.3 is 5.97 Å². The van der Waals surface area contributed by atoms with E-state index in [2.05, 4.69) is 0 Å². The third-order valence-corrected chi connectivity index (χ3v) is 2.35. The first-order chi connectivity index (χ1) is 7.45. The fourth-order valence-corrected chi connectivity index (χ4v) is 1.45. The lowest BCUT2D eigenvalue weighted by Crippen LogP contribution is -2.17. The van der Waals surface area contributed by atoms with Crippen molar-refractivity contribution in [2.75, 3.05) is 0 Å². The molecule has 1 aromatic carbocycles. The largest absolute Gasteiger partial charge is 0.479 e. The van der Waals surface area contributed by atoms with Gasteiger partial charge in [0.1, 0.15) is 0 Å². The number of carbonyl (C=O) groups is 2. The van der Waals surface area contributed by atoms with Crippen LogP contribution in [0, 0.1) is 0 Å². The van der Waals surface area contributed by atoms with Gasteiger partial charge < -0.3 is 10.2 Å². The van der Waals surface area contributed by atoms with E-state index in [0.717, 1.165) is 0 Å². The zero-order valence-corrected chi connectivity index (χ0v) is 9.44. The zero-order valence-electron chi connectivity index (χ0n) is 7.93. The summed E-state index contributed by atoms with van der Waals surface area (Å²) in [7, 11) is 0. The minimum atomic E-state index is -1.77. The number of carboxylic acids is 1. The van der Waals surface area contributed by atoms with Crippen molar-refractivity contribution in [3.63, 3.8) is 0 Å². The molecular weight excluding hydrogens is 255 g/mol. The second kappa shape index (κ2) is 5.30. The third kappa shape index (κ3) is 2.72. The van der Waals surface area contributed by atoms with Crippen LogP contribution in [-0.2, 0) is 4.79 Å². The Kier molecular flexibility index (Phi) is 4.29. The van der Waals surface area contributed by atoms with E-state index in [1.54, 1.807) is 0 Å². The predicted octanol–water partition coefficient (Wildman–Crippen LogP) is 1.79. The molecule has 6 heteroatoms. The summed E-state index contributed by atoms with van der Waals surface area (Å²) in [6, 6.07) is 5.74. The minimum absolute atomic E-state index is 0.00685. The first-order valence-corrected chi connectivity index (χ1v) is 5.14. The maximum absolute atomic E-state index is 11.5. The Morgan fingerprint density at radius 1 is 1.19 bits per heavy atom. The van der Waals surface area contributed by atoms with E-state index in [-0.39, 0.29) is 11.1 Å². The molecule has 1 rings (SSSR count). The number of alkyl halides is 2. The van der Waals surface area contributed by atoms with Gasteiger partial charge in [-0.15, -0.1) is 0 Å². The Morgan fingerprint density at radius 3 is 2.25 bits per heavy atom. The average molecular weight is 263 g/mol. The van der Waals surface area contributed by atoms with E-state index < -0.39 is 22.7 Å². The molecule has 0 spiro atoms. The van der Waals surface area contributed by atoms with Crippen molar-refractivity contribution in [2.24, 2.45) is 0 Å². The molecule has 1 unspecified atom stereocenters. The van der Waals surface area contributed by atoms with Crippen molar-refractivity contribution in [1.29, 1.82) is 0 Å². The maximum Gasteiger partial charge on any atom is 0.337 e. The molecule has 0 aromatic heterocycles. The molecule has 0 aliphatic carbocycles. The summed E-state index contributed by atoms with van der Waals surface area (Å²) in [4.78, 5) is 20.9. The Hall–Kier alpha value is -1.10. The number of aliphatic hydroxyl groups is 1. The van der Waals surface area contributed by atoms with Crippen LogP contribution in [0.1, 0.15) is 22.0 Å². The van der Waals surface area contributed by atoms with Gasteiger partial charge in [0.2, 0.25) is 0 Å². The number of ketones is 1. The van der Waals surface area contributed by atoms with E-state index in [0.29, 0.717) is 0 Å². The zero-order chi connectivity index (χ0) is 12.3. The number of benzene rings is 1. The Bertz CT molecular complexity index is 417. The van der Waals surface area contributed by atoms with Crippen LogP contribution in [0.15, 0.2) is 24.3 Å². The summed E-state index contributed by atoms with van der Waals surface area (Å²) in [5.74, 6) is -2.08. The summed E-state index contributed by atoms with van der Waals surface area (Å²) >= 11 is 10.8. The molecule has 0 fully saturated rings. The summed E-state index contributed by atoms with van der Waals surface area (Å²) in [5, 5.41) is 18.0. The number of carbonyl (C=O) groups excluding carboxylic acids is 1. The highest BCUT2D eigenvalue weighted by atomic mass is 35.5. The molecule has 0 saturated heterocycles. The van der Waals surface area contributed by atoms with Crippen molar-refractivity contribution >= 4 is 35.0 Å². The topological polar surface area (TPSA) is 74.6 Å².